The zero-order valence-electron chi connectivity index (χ0n) is 16.8. The first-order valence-electron chi connectivity index (χ1n) is 9.16. The molecule has 0 saturated carbocycles. The van der Waals surface area contributed by atoms with Crippen LogP contribution in [0.3, 0.4) is 0 Å². The summed E-state index contributed by atoms with van der Waals surface area (Å²) in [5.41, 5.74) is 1.23. The van der Waals surface area contributed by atoms with Gasteiger partial charge in [0.25, 0.3) is 5.69 Å². The van der Waals surface area contributed by atoms with Gasteiger partial charge in [0, 0.05) is 23.3 Å². The number of carboxylic acids is 1. The highest BCUT2D eigenvalue weighted by Gasteiger charge is 2.22. The minimum absolute atomic E-state index is 0.104. The molecule has 0 aliphatic rings. The number of phenolic OH excluding ortho intramolecular Hbond substituents is 1. The Balaban J connectivity index is 1.95. The van der Waals surface area contributed by atoms with Gasteiger partial charge in [0.15, 0.2) is 17.1 Å². The van der Waals surface area contributed by atoms with Crippen LogP contribution in [0.25, 0.3) is 33.5 Å². The molecule has 0 fully saturated rings. The van der Waals surface area contributed by atoms with Crippen LogP contribution in [-0.2, 0) is 0 Å². The molecule has 4 aromatic rings. The van der Waals surface area contributed by atoms with Crippen molar-refractivity contribution in [3.63, 3.8) is 0 Å². The third-order valence-corrected chi connectivity index (χ3v) is 4.88. The van der Waals surface area contributed by atoms with Gasteiger partial charge in [-0.25, -0.2) is 9.78 Å². The number of carbonyl (C=O) groups is 1. The Morgan fingerprint density at radius 1 is 1.09 bits per heavy atom. The van der Waals surface area contributed by atoms with E-state index in [9.17, 15) is 25.1 Å². The summed E-state index contributed by atoms with van der Waals surface area (Å²) in [6.45, 7) is 0. The predicted octanol–water partition coefficient (Wildman–Crippen LogP) is 3.62. The van der Waals surface area contributed by atoms with Gasteiger partial charge in [-0.2, -0.15) is 5.10 Å². The first-order chi connectivity index (χ1) is 15.3. The number of nitrogens with zero attached hydrogens (tertiary/aromatic N) is 3. The van der Waals surface area contributed by atoms with Gasteiger partial charge in [-0.3, -0.25) is 15.2 Å². The van der Waals surface area contributed by atoms with Gasteiger partial charge in [-0.1, -0.05) is 12.1 Å². The molecule has 11 nitrogen and oxygen atoms in total. The third-order valence-electron chi connectivity index (χ3n) is 4.88. The summed E-state index contributed by atoms with van der Waals surface area (Å²) in [7, 11) is 2.74. The maximum Gasteiger partial charge on any atom is 0.336 e. The number of methoxy groups -OCH3 is 2. The Morgan fingerprint density at radius 3 is 2.38 bits per heavy atom. The summed E-state index contributed by atoms with van der Waals surface area (Å²) in [5.74, 6) is -1.19. The van der Waals surface area contributed by atoms with Gasteiger partial charge in [-0.05, 0) is 18.2 Å². The van der Waals surface area contributed by atoms with Crippen LogP contribution in [0.1, 0.15) is 10.4 Å². The van der Waals surface area contributed by atoms with Crippen LogP contribution < -0.4 is 9.47 Å². The lowest BCUT2D eigenvalue weighted by atomic mass is 10.0. The number of aromatic carboxylic acids is 1. The number of aromatic nitrogens is 3. The second-order valence-corrected chi connectivity index (χ2v) is 6.69. The highest BCUT2D eigenvalue weighted by Crippen LogP contribution is 2.41. The fourth-order valence-corrected chi connectivity index (χ4v) is 3.37. The van der Waals surface area contributed by atoms with E-state index in [-0.39, 0.29) is 45.2 Å². The maximum absolute atomic E-state index is 12.1. The number of rotatable bonds is 6. The fraction of sp³-hybridized carbons (Fsp3) is 0.0952. The second kappa shape index (κ2) is 7.87. The highest BCUT2D eigenvalue weighted by molar-refractivity contribution is 6.08. The number of hydrogen-bond donors (Lipinski definition) is 3. The Hall–Kier alpha value is -4.67. The number of non-ortho nitro benzene ring substituents is 1. The topological polar surface area (TPSA) is 161 Å². The van der Waals surface area contributed by atoms with Gasteiger partial charge in [0.05, 0.1) is 41.5 Å². The molecular formula is C21H16N4O7. The molecule has 0 aliphatic carbocycles. The lowest BCUT2D eigenvalue weighted by Gasteiger charge is -2.11. The lowest BCUT2D eigenvalue weighted by molar-refractivity contribution is -0.384. The molecule has 0 atom stereocenters. The van der Waals surface area contributed by atoms with Crippen molar-refractivity contribution in [2.45, 2.75) is 0 Å². The zero-order chi connectivity index (χ0) is 23.0. The van der Waals surface area contributed by atoms with Crippen LogP contribution in [-0.4, -0.2) is 50.5 Å². The molecule has 11 heteroatoms. The number of carboxylic acid groups (broad SMARTS) is 1. The molecule has 2 aromatic carbocycles. The molecular weight excluding hydrogens is 420 g/mol. The highest BCUT2D eigenvalue weighted by atomic mass is 16.6. The average Bonchev–Trinajstić information content (AvgIpc) is 3.22. The van der Waals surface area contributed by atoms with Crippen molar-refractivity contribution in [1.82, 2.24) is 15.2 Å². The van der Waals surface area contributed by atoms with E-state index < -0.39 is 10.9 Å². The number of hydrogen-bond acceptors (Lipinski definition) is 8. The SMILES string of the molecule is COc1cc(-c2cc(C(=O)O)c3c(-c4cccc([N+](=O)[O-])c4)[nH]nc3n2)cc(OC)c1O. The van der Waals surface area contributed by atoms with Crippen LogP contribution in [0.5, 0.6) is 17.2 Å². The Kier molecular flexibility index (Phi) is 5.07. The van der Waals surface area contributed by atoms with E-state index in [2.05, 4.69) is 15.2 Å². The van der Waals surface area contributed by atoms with Crippen molar-refractivity contribution in [1.29, 1.82) is 0 Å². The molecule has 162 valence electrons. The summed E-state index contributed by atoms with van der Waals surface area (Å²) in [4.78, 5) is 27.1. The number of aromatic amines is 1. The van der Waals surface area contributed by atoms with E-state index in [0.717, 1.165) is 0 Å². The van der Waals surface area contributed by atoms with E-state index in [1.54, 1.807) is 6.07 Å². The number of fused-ring (bicyclic) bond motifs is 1. The van der Waals surface area contributed by atoms with E-state index in [4.69, 9.17) is 9.47 Å². The number of benzene rings is 2. The van der Waals surface area contributed by atoms with E-state index in [1.807, 2.05) is 0 Å². The summed E-state index contributed by atoms with van der Waals surface area (Å²) >= 11 is 0. The Bertz CT molecular complexity index is 1360. The van der Waals surface area contributed by atoms with Crippen LogP contribution in [0, 0.1) is 10.1 Å². The van der Waals surface area contributed by atoms with Gasteiger partial charge in [-0.15, -0.1) is 0 Å². The lowest BCUT2D eigenvalue weighted by Crippen LogP contribution is -2.01. The maximum atomic E-state index is 12.1. The summed E-state index contributed by atoms with van der Waals surface area (Å²) < 4.78 is 10.3. The quantitative estimate of drug-likeness (QED) is 0.303. The number of pyridine rings is 1. The first kappa shape index (κ1) is 20.6. The molecule has 0 radical (unpaired) electrons. The Morgan fingerprint density at radius 2 is 1.78 bits per heavy atom. The van der Waals surface area contributed by atoms with Crippen molar-refractivity contribution in [2.24, 2.45) is 0 Å². The van der Waals surface area contributed by atoms with E-state index in [0.29, 0.717) is 16.8 Å². The summed E-state index contributed by atoms with van der Waals surface area (Å²) in [5, 5.41) is 38.2. The van der Waals surface area contributed by atoms with Crippen molar-refractivity contribution in [3.8, 4) is 39.8 Å². The van der Waals surface area contributed by atoms with Crippen LogP contribution >= 0.6 is 0 Å². The Labute approximate surface area is 180 Å². The summed E-state index contributed by atoms with van der Waals surface area (Å²) in [6.07, 6.45) is 0. The van der Waals surface area contributed by atoms with E-state index >= 15 is 0 Å². The van der Waals surface area contributed by atoms with Crippen molar-refractivity contribution < 1.29 is 29.4 Å². The number of nitro benzene ring substituents is 1. The predicted molar refractivity (Wildman–Crippen MR) is 113 cm³/mol. The summed E-state index contributed by atoms with van der Waals surface area (Å²) in [6, 6.07) is 10.1. The number of nitrogens with one attached hydrogen (secondary N) is 1. The minimum atomic E-state index is -1.23. The number of nitro groups is 1. The molecule has 0 unspecified atom stereocenters. The zero-order valence-corrected chi connectivity index (χ0v) is 16.8. The van der Waals surface area contributed by atoms with Gasteiger partial charge in [0.1, 0.15) is 0 Å². The molecule has 0 saturated heterocycles. The third kappa shape index (κ3) is 3.41. The smallest absolute Gasteiger partial charge is 0.336 e. The van der Waals surface area contributed by atoms with Gasteiger partial charge in [0.2, 0.25) is 5.75 Å². The van der Waals surface area contributed by atoms with Crippen molar-refractivity contribution in [2.75, 3.05) is 14.2 Å². The van der Waals surface area contributed by atoms with Crippen molar-refractivity contribution in [3.05, 3.63) is 58.1 Å². The molecule has 3 N–H and O–H groups in total. The largest absolute Gasteiger partial charge is 0.502 e. The molecule has 0 spiro atoms. The molecule has 4 rings (SSSR count). The average molecular weight is 436 g/mol. The second-order valence-electron chi connectivity index (χ2n) is 6.69. The van der Waals surface area contributed by atoms with E-state index in [1.165, 1.54) is 50.6 Å². The standard InChI is InChI=1S/C21H16N4O7/c1-31-15-7-11(8-16(32-2)19(15)26)14-9-13(21(27)28)17-18(23-24-20(17)22-14)10-4-3-5-12(6-10)25(29)30/h3-9,26H,1-2H3,(H,27,28)(H,22,23,24). The molecule has 0 amide bonds. The van der Waals surface area contributed by atoms with Crippen LogP contribution in [0.4, 0.5) is 5.69 Å². The number of H-pyrrole nitrogens is 1. The number of phenols is 1. The van der Waals surface area contributed by atoms with Crippen LogP contribution in [0.15, 0.2) is 42.5 Å². The van der Waals surface area contributed by atoms with Gasteiger partial charge < -0.3 is 19.7 Å². The van der Waals surface area contributed by atoms with Crippen LogP contribution in [0.2, 0.25) is 0 Å². The normalized spacial score (nSPS) is 10.8. The molecule has 2 aromatic heterocycles. The minimum Gasteiger partial charge on any atom is -0.502 e. The molecule has 0 bridgehead atoms. The number of ether oxygens (including phenoxy) is 2. The van der Waals surface area contributed by atoms with Gasteiger partial charge >= 0.3 is 5.97 Å². The first-order valence-corrected chi connectivity index (χ1v) is 9.16. The molecule has 32 heavy (non-hydrogen) atoms. The molecule has 2 heterocycles. The molecule has 0 aliphatic heterocycles. The fourth-order valence-electron chi connectivity index (χ4n) is 3.37. The number of aromatic hydroxyl groups is 1. The monoisotopic (exact) mass is 436 g/mol. The van der Waals surface area contributed by atoms with Crippen molar-refractivity contribution >= 4 is 22.7 Å².